The van der Waals surface area contributed by atoms with Crippen LogP contribution in [0.25, 0.3) is 0 Å². The summed E-state index contributed by atoms with van der Waals surface area (Å²) in [4.78, 5) is 0. The van der Waals surface area contributed by atoms with Gasteiger partial charge in [-0.1, -0.05) is 0 Å². The minimum atomic E-state index is -4.35. The third kappa shape index (κ3) is 2.18. The third-order valence-electron chi connectivity index (χ3n) is 1.70. The molecule has 0 aliphatic rings. The van der Waals surface area contributed by atoms with E-state index < -0.39 is 11.7 Å². The molecule has 0 heterocycles. The van der Waals surface area contributed by atoms with Gasteiger partial charge in [0.1, 0.15) is 0 Å². The van der Waals surface area contributed by atoms with E-state index in [-0.39, 0.29) is 14.7 Å². The van der Waals surface area contributed by atoms with Crippen LogP contribution in [0, 0.1) is 21.8 Å². The molecule has 1 nitrogen and oxygen atoms in total. The van der Waals surface area contributed by atoms with Gasteiger partial charge in [0.15, 0.2) is 0 Å². The summed E-state index contributed by atoms with van der Waals surface area (Å²) in [7, 11) is 0. The van der Waals surface area contributed by atoms with Crippen molar-refractivity contribution in [1.82, 2.24) is 0 Å². The molecular weight excluding hydrogens is 306 g/mol. The highest BCUT2D eigenvalue weighted by atomic mass is 127. The molecule has 0 aromatic heterocycles. The van der Waals surface area contributed by atoms with Crippen molar-refractivity contribution in [3.8, 4) is 6.07 Å². The van der Waals surface area contributed by atoms with Gasteiger partial charge in [-0.05, 0) is 47.2 Å². The number of hydrogen-bond donors (Lipinski definition) is 0. The fraction of sp³-hybridized carbons (Fsp3) is 0.222. The lowest BCUT2D eigenvalue weighted by atomic mass is 10.1. The van der Waals surface area contributed by atoms with Gasteiger partial charge in [0.2, 0.25) is 0 Å². The van der Waals surface area contributed by atoms with Crippen molar-refractivity contribution in [3.63, 3.8) is 0 Å². The van der Waals surface area contributed by atoms with E-state index in [2.05, 4.69) is 0 Å². The molecule has 0 radical (unpaired) electrons. The Hall–Kier alpha value is -0.770. The first kappa shape index (κ1) is 11.3. The standard InChI is InChI=1S/C9H5F3IN/c1-5-2-6(4-14)3-7(13)8(5)9(10,11)12/h2-3H,1H3. The summed E-state index contributed by atoms with van der Waals surface area (Å²) in [6, 6.07) is 4.29. The second-order valence-corrected chi connectivity index (χ2v) is 3.92. The van der Waals surface area contributed by atoms with E-state index in [1.165, 1.54) is 19.1 Å². The maximum Gasteiger partial charge on any atom is 0.417 e. The molecule has 0 aliphatic carbocycles. The lowest BCUT2D eigenvalue weighted by Gasteiger charge is -2.12. The molecular formula is C9H5F3IN. The first-order chi connectivity index (χ1) is 6.36. The van der Waals surface area contributed by atoms with Crippen LogP contribution in [0.2, 0.25) is 0 Å². The van der Waals surface area contributed by atoms with E-state index in [9.17, 15) is 13.2 Å². The van der Waals surface area contributed by atoms with Crippen LogP contribution in [0.5, 0.6) is 0 Å². The Labute approximate surface area is 92.7 Å². The highest BCUT2D eigenvalue weighted by Crippen LogP contribution is 2.35. The predicted octanol–water partition coefficient (Wildman–Crippen LogP) is 3.49. The summed E-state index contributed by atoms with van der Waals surface area (Å²) in [6.45, 7) is 1.35. The average Bonchev–Trinajstić information content (AvgIpc) is 1.99. The van der Waals surface area contributed by atoms with Crippen LogP contribution in [0.1, 0.15) is 16.7 Å². The Morgan fingerprint density at radius 3 is 2.29 bits per heavy atom. The minimum Gasteiger partial charge on any atom is -0.192 e. The van der Waals surface area contributed by atoms with Crippen molar-refractivity contribution in [2.45, 2.75) is 13.1 Å². The number of halogens is 4. The molecule has 0 amide bonds. The van der Waals surface area contributed by atoms with Crippen molar-refractivity contribution < 1.29 is 13.2 Å². The van der Waals surface area contributed by atoms with Gasteiger partial charge < -0.3 is 0 Å². The van der Waals surface area contributed by atoms with Gasteiger partial charge in [0.05, 0.1) is 17.2 Å². The van der Waals surface area contributed by atoms with Crippen LogP contribution in [-0.2, 0) is 6.18 Å². The van der Waals surface area contributed by atoms with E-state index in [4.69, 9.17) is 5.26 Å². The van der Waals surface area contributed by atoms with Gasteiger partial charge in [0, 0.05) is 3.57 Å². The van der Waals surface area contributed by atoms with E-state index in [1.54, 1.807) is 22.6 Å². The largest absolute Gasteiger partial charge is 0.417 e. The summed E-state index contributed by atoms with van der Waals surface area (Å²) in [5.74, 6) is 0. The number of nitriles is 1. The Morgan fingerprint density at radius 2 is 1.93 bits per heavy atom. The molecule has 0 N–H and O–H groups in total. The molecule has 0 bridgehead atoms. The fourth-order valence-electron chi connectivity index (χ4n) is 1.17. The molecule has 0 saturated heterocycles. The lowest BCUT2D eigenvalue weighted by Crippen LogP contribution is -2.10. The van der Waals surface area contributed by atoms with Gasteiger partial charge in [-0.2, -0.15) is 18.4 Å². The second-order valence-electron chi connectivity index (χ2n) is 2.76. The van der Waals surface area contributed by atoms with Crippen LogP contribution in [0.3, 0.4) is 0 Å². The topological polar surface area (TPSA) is 23.8 Å². The number of hydrogen-bond acceptors (Lipinski definition) is 1. The van der Waals surface area contributed by atoms with Crippen LogP contribution in [0.4, 0.5) is 13.2 Å². The minimum absolute atomic E-state index is 0.0617. The summed E-state index contributed by atoms with van der Waals surface area (Å²) in [5, 5.41) is 8.55. The van der Waals surface area contributed by atoms with Gasteiger partial charge in [-0.3, -0.25) is 0 Å². The van der Waals surface area contributed by atoms with Gasteiger partial charge in [-0.25, -0.2) is 0 Å². The lowest BCUT2D eigenvalue weighted by molar-refractivity contribution is -0.138. The molecule has 0 spiro atoms. The molecule has 14 heavy (non-hydrogen) atoms. The zero-order chi connectivity index (χ0) is 10.9. The summed E-state index contributed by atoms with van der Waals surface area (Å²) < 4.78 is 37.4. The number of rotatable bonds is 0. The van der Waals surface area contributed by atoms with E-state index in [0.29, 0.717) is 0 Å². The Balaban J connectivity index is 3.42. The van der Waals surface area contributed by atoms with E-state index >= 15 is 0 Å². The maximum absolute atomic E-state index is 12.5. The summed E-state index contributed by atoms with van der Waals surface area (Å²) in [5.41, 5.74) is -0.321. The molecule has 0 saturated carbocycles. The molecule has 1 aromatic carbocycles. The number of nitrogens with zero attached hydrogens (tertiary/aromatic N) is 1. The third-order valence-corrected chi connectivity index (χ3v) is 2.55. The van der Waals surface area contributed by atoms with Crippen LogP contribution in [-0.4, -0.2) is 0 Å². The average molecular weight is 311 g/mol. The second kappa shape index (κ2) is 3.77. The zero-order valence-corrected chi connectivity index (χ0v) is 9.27. The van der Waals surface area contributed by atoms with Crippen molar-refractivity contribution >= 4 is 22.6 Å². The molecule has 1 rings (SSSR count). The van der Waals surface area contributed by atoms with Gasteiger partial charge >= 0.3 is 6.18 Å². The smallest absolute Gasteiger partial charge is 0.192 e. The monoisotopic (exact) mass is 311 g/mol. The number of aryl methyl sites for hydroxylation is 1. The zero-order valence-electron chi connectivity index (χ0n) is 7.11. The van der Waals surface area contributed by atoms with E-state index in [0.717, 1.165) is 0 Å². The molecule has 1 aromatic rings. The van der Waals surface area contributed by atoms with Crippen LogP contribution < -0.4 is 0 Å². The van der Waals surface area contributed by atoms with Crippen molar-refractivity contribution in [1.29, 1.82) is 5.26 Å². The summed E-state index contributed by atoms with van der Waals surface area (Å²) >= 11 is 1.59. The summed E-state index contributed by atoms with van der Waals surface area (Å²) in [6.07, 6.45) is -4.35. The Morgan fingerprint density at radius 1 is 1.36 bits per heavy atom. The SMILES string of the molecule is Cc1cc(C#N)cc(I)c1C(F)(F)F. The van der Waals surface area contributed by atoms with Crippen LogP contribution in [0.15, 0.2) is 12.1 Å². The predicted molar refractivity (Wildman–Crippen MR) is 53.6 cm³/mol. The molecule has 74 valence electrons. The Bertz CT molecular complexity index is 380. The maximum atomic E-state index is 12.5. The molecule has 0 atom stereocenters. The molecule has 5 heteroatoms. The number of benzene rings is 1. The van der Waals surface area contributed by atoms with E-state index in [1.807, 2.05) is 6.07 Å². The normalized spacial score (nSPS) is 11.1. The van der Waals surface area contributed by atoms with Crippen molar-refractivity contribution in [3.05, 3.63) is 32.4 Å². The fourth-order valence-corrected chi connectivity index (χ4v) is 2.23. The highest BCUT2D eigenvalue weighted by molar-refractivity contribution is 14.1. The Kier molecular flexibility index (Phi) is 3.04. The highest BCUT2D eigenvalue weighted by Gasteiger charge is 2.34. The molecule has 0 unspecified atom stereocenters. The van der Waals surface area contributed by atoms with Crippen molar-refractivity contribution in [2.24, 2.45) is 0 Å². The van der Waals surface area contributed by atoms with Crippen molar-refractivity contribution in [2.75, 3.05) is 0 Å². The first-order valence-corrected chi connectivity index (χ1v) is 4.71. The van der Waals surface area contributed by atoms with Gasteiger partial charge in [-0.15, -0.1) is 0 Å². The molecule has 0 fully saturated rings. The number of alkyl halides is 3. The molecule has 0 aliphatic heterocycles. The van der Waals surface area contributed by atoms with Gasteiger partial charge in [0.25, 0.3) is 0 Å². The van der Waals surface area contributed by atoms with Crippen LogP contribution >= 0.6 is 22.6 Å². The first-order valence-electron chi connectivity index (χ1n) is 3.63. The quantitative estimate of drug-likeness (QED) is 0.673.